The molecule has 26 heavy (non-hydrogen) atoms. The lowest BCUT2D eigenvalue weighted by Crippen LogP contribution is -1.82. The van der Waals surface area contributed by atoms with Crippen LogP contribution in [0.3, 0.4) is 0 Å². The summed E-state index contributed by atoms with van der Waals surface area (Å²) in [6.07, 6.45) is 0. The molecule has 0 aliphatic carbocycles. The highest BCUT2D eigenvalue weighted by molar-refractivity contribution is 6.14. The van der Waals surface area contributed by atoms with Crippen molar-refractivity contribution in [2.45, 2.75) is 0 Å². The van der Waals surface area contributed by atoms with E-state index in [0.717, 1.165) is 27.9 Å². The summed E-state index contributed by atoms with van der Waals surface area (Å²) in [6, 6.07) is 30.6. The zero-order valence-corrected chi connectivity index (χ0v) is 14.1. The van der Waals surface area contributed by atoms with Gasteiger partial charge in [-0.15, -0.1) is 0 Å². The van der Waals surface area contributed by atoms with Crippen molar-refractivity contribution < 1.29 is 5.11 Å². The van der Waals surface area contributed by atoms with Gasteiger partial charge in [-0.3, -0.25) is 0 Å². The molecule has 5 aromatic rings. The third kappa shape index (κ3) is 2.27. The van der Waals surface area contributed by atoms with Gasteiger partial charge in [-0.05, 0) is 28.6 Å². The van der Waals surface area contributed by atoms with Crippen molar-refractivity contribution >= 4 is 21.7 Å². The van der Waals surface area contributed by atoms with E-state index in [2.05, 4.69) is 65.6 Å². The highest BCUT2D eigenvalue weighted by Crippen LogP contribution is 2.40. The molecule has 0 spiro atoms. The first-order valence-corrected chi connectivity index (χ1v) is 8.69. The van der Waals surface area contributed by atoms with Crippen LogP contribution in [0.5, 0.6) is 5.75 Å². The number of phenols is 1. The minimum atomic E-state index is 0.278. The van der Waals surface area contributed by atoms with Crippen molar-refractivity contribution in [2.24, 2.45) is 0 Å². The second kappa shape index (κ2) is 5.78. The highest BCUT2D eigenvalue weighted by Gasteiger charge is 2.16. The van der Waals surface area contributed by atoms with Crippen molar-refractivity contribution in [2.75, 3.05) is 0 Å². The molecule has 2 heteroatoms. The molecule has 2 N–H and O–H groups in total. The van der Waals surface area contributed by atoms with E-state index in [4.69, 9.17) is 0 Å². The van der Waals surface area contributed by atoms with Crippen LogP contribution in [0.15, 0.2) is 91.0 Å². The van der Waals surface area contributed by atoms with Crippen molar-refractivity contribution in [3.05, 3.63) is 91.0 Å². The average molecular weight is 335 g/mol. The fraction of sp³-hybridized carbons (Fsp3) is 0. The van der Waals surface area contributed by atoms with Crippen molar-refractivity contribution in [1.82, 2.24) is 4.98 Å². The number of benzene rings is 4. The van der Waals surface area contributed by atoms with Gasteiger partial charge in [-0.2, -0.15) is 0 Å². The molecule has 0 saturated carbocycles. The summed E-state index contributed by atoms with van der Waals surface area (Å²) >= 11 is 0. The van der Waals surface area contributed by atoms with Gasteiger partial charge in [0.05, 0.1) is 11.2 Å². The third-order valence-corrected chi connectivity index (χ3v) is 4.92. The van der Waals surface area contributed by atoms with Crippen LogP contribution in [0.1, 0.15) is 0 Å². The lowest BCUT2D eigenvalue weighted by Gasteiger charge is -2.06. The molecule has 0 atom stereocenters. The minimum Gasteiger partial charge on any atom is -0.508 e. The molecule has 0 amide bonds. The van der Waals surface area contributed by atoms with Crippen LogP contribution < -0.4 is 0 Å². The van der Waals surface area contributed by atoms with Crippen LogP contribution in [0, 0.1) is 0 Å². The smallest absolute Gasteiger partial charge is 0.115 e. The Bertz CT molecular complexity index is 1220. The maximum absolute atomic E-state index is 9.69. The Morgan fingerprint density at radius 2 is 1.31 bits per heavy atom. The summed E-state index contributed by atoms with van der Waals surface area (Å²) in [5.41, 5.74) is 5.64. The first kappa shape index (κ1) is 14.8. The number of fused-ring (bicyclic) bond motifs is 3. The van der Waals surface area contributed by atoms with E-state index in [1.165, 1.54) is 16.2 Å². The lowest BCUT2D eigenvalue weighted by molar-refractivity contribution is 0.475. The molecule has 4 aromatic carbocycles. The van der Waals surface area contributed by atoms with Crippen LogP contribution in [-0.2, 0) is 0 Å². The molecule has 0 fully saturated rings. The standard InChI is InChI=1S/C24H17NO/c26-19-13-10-17(11-14-19)22-21-15-12-16-6-4-5-9-20(16)24(21)25-23(22)18-7-2-1-3-8-18/h1-15,25-26H. The molecule has 0 bridgehead atoms. The highest BCUT2D eigenvalue weighted by atomic mass is 16.3. The molecular formula is C24H17NO. The van der Waals surface area contributed by atoms with Gasteiger partial charge in [0, 0.05) is 16.3 Å². The molecule has 0 saturated heterocycles. The number of phenolic OH excluding ortho intramolecular Hbond substituents is 1. The molecule has 0 unspecified atom stereocenters. The average Bonchev–Trinajstić information content (AvgIpc) is 3.09. The van der Waals surface area contributed by atoms with E-state index in [9.17, 15) is 5.11 Å². The molecular weight excluding hydrogens is 318 g/mol. The topological polar surface area (TPSA) is 36.0 Å². The largest absolute Gasteiger partial charge is 0.508 e. The van der Waals surface area contributed by atoms with Crippen LogP contribution in [-0.4, -0.2) is 10.1 Å². The van der Waals surface area contributed by atoms with E-state index in [1.807, 2.05) is 18.2 Å². The predicted molar refractivity (Wildman–Crippen MR) is 108 cm³/mol. The predicted octanol–water partition coefficient (Wildman–Crippen LogP) is 6.36. The SMILES string of the molecule is Oc1ccc(-c2c(-c3ccccc3)[nH]c3c2ccc2ccccc23)cc1. The van der Waals surface area contributed by atoms with Gasteiger partial charge in [-0.1, -0.05) is 78.9 Å². The number of nitrogens with one attached hydrogen (secondary N) is 1. The van der Waals surface area contributed by atoms with Crippen molar-refractivity contribution in [3.63, 3.8) is 0 Å². The number of aromatic nitrogens is 1. The van der Waals surface area contributed by atoms with Gasteiger partial charge in [0.2, 0.25) is 0 Å². The molecule has 5 rings (SSSR count). The zero-order valence-electron chi connectivity index (χ0n) is 14.1. The fourth-order valence-electron chi connectivity index (χ4n) is 3.69. The maximum Gasteiger partial charge on any atom is 0.115 e. The first-order valence-electron chi connectivity index (χ1n) is 8.69. The monoisotopic (exact) mass is 335 g/mol. The summed E-state index contributed by atoms with van der Waals surface area (Å²) < 4.78 is 0. The fourth-order valence-corrected chi connectivity index (χ4v) is 3.69. The van der Waals surface area contributed by atoms with Gasteiger partial charge >= 0.3 is 0 Å². The van der Waals surface area contributed by atoms with Crippen LogP contribution >= 0.6 is 0 Å². The first-order chi connectivity index (χ1) is 12.8. The van der Waals surface area contributed by atoms with Crippen molar-refractivity contribution in [3.8, 4) is 28.1 Å². The second-order valence-electron chi connectivity index (χ2n) is 6.50. The Hall–Kier alpha value is -3.52. The molecule has 1 aromatic heterocycles. The zero-order chi connectivity index (χ0) is 17.5. The van der Waals surface area contributed by atoms with Gasteiger partial charge in [-0.25, -0.2) is 0 Å². The van der Waals surface area contributed by atoms with Gasteiger partial charge < -0.3 is 10.1 Å². The Balaban J connectivity index is 1.91. The number of rotatable bonds is 2. The van der Waals surface area contributed by atoms with Crippen molar-refractivity contribution in [1.29, 1.82) is 0 Å². The van der Waals surface area contributed by atoms with Gasteiger partial charge in [0.15, 0.2) is 0 Å². The van der Waals surface area contributed by atoms with Crippen LogP contribution in [0.25, 0.3) is 44.1 Å². The Kier molecular flexibility index (Phi) is 3.29. The number of aromatic amines is 1. The summed E-state index contributed by atoms with van der Waals surface area (Å²) in [6.45, 7) is 0. The summed E-state index contributed by atoms with van der Waals surface area (Å²) in [7, 11) is 0. The molecule has 0 aliphatic heterocycles. The quantitative estimate of drug-likeness (QED) is 0.387. The van der Waals surface area contributed by atoms with E-state index >= 15 is 0 Å². The van der Waals surface area contributed by atoms with Crippen LogP contribution in [0.2, 0.25) is 0 Å². The third-order valence-electron chi connectivity index (χ3n) is 4.92. The van der Waals surface area contributed by atoms with E-state index in [0.29, 0.717) is 0 Å². The second-order valence-corrected chi connectivity index (χ2v) is 6.50. The Morgan fingerprint density at radius 1 is 0.577 bits per heavy atom. The molecule has 0 radical (unpaired) electrons. The molecule has 1 heterocycles. The van der Waals surface area contributed by atoms with E-state index < -0.39 is 0 Å². The molecule has 0 aliphatic rings. The Morgan fingerprint density at radius 3 is 2.12 bits per heavy atom. The van der Waals surface area contributed by atoms with E-state index in [1.54, 1.807) is 12.1 Å². The normalized spacial score (nSPS) is 11.2. The molecule has 124 valence electrons. The summed E-state index contributed by atoms with van der Waals surface area (Å²) in [5, 5.41) is 13.3. The number of H-pyrrole nitrogens is 1. The summed E-state index contributed by atoms with van der Waals surface area (Å²) in [4.78, 5) is 3.67. The summed E-state index contributed by atoms with van der Waals surface area (Å²) in [5.74, 6) is 0.278. The van der Waals surface area contributed by atoms with Crippen LogP contribution in [0.4, 0.5) is 0 Å². The van der Waals surface area contributed by atoms with Gasteiger partial charge in [0.25, 0.3) is 0 Å². The molecule has 2 nitrogen and oxygen atoms in total. The van der Waals surface area contributed by atoms with E-state index in [-0.39, 0.29) is 5.75 Å². The number of hydrogen-bond acceptors (Lipinski definition) is 1. The maximum atomic E-state index is 9.69. The lowest BCUT2D eigenvalue weighted by atomic mass is 9.97. The van der Waals surface area contributed by atoms with Gasteiger partial charge in [0.1, 0.15) is 5.75 Å². The Labute approximate surface area is 151 Å². The number of aromatic hydroxyl groups is 1. The number of hydrogen-bond donors (Lipinski definition) is 2. The minimum absolute atomic E-state index is 0.278.